The van der Waals surface area contributed by atoms with Crippen LogP contribution in [0.15, 0.2) is 16.9 Å². The Morgan fingerprint density at radius 3 is 2.50 bits per heavy atom. The molecule has 0 aliphatic carbocycles. The standard InChI is InChI=1S/C8H8N2O2/c1-4-2-5-6(3-7(4)11)10-8(12)9-5/h2-3,11H,1H3,(H2,9,10,12). The van der Waals surface area contributed by atoms with Gasteiger partial charge in [0.05, 0.1) is 11.0 Å². The van der Waals surface area contributed by atoms with Crippen LogP contribution in [0.25, 0.3) is 11.0 Å². The van der Waals surface area contributed by atoms with Gasteiger partial charge in [-0.05, 0) is 18.6 Å². The topological polar surface area (TPSA) is 68.9 Å². The summed E-state index contributed by atoms with van der Waals surface area (Å²) in [5.74, 6) is 0.192. The molecule has 0 atom stereocenters. The highest BCUT2D eigenvalue weighted by Crippen LogP contribution is 2.20. The molecule has 1 aromatic heterocycles. The highest BCUT2D eigenvalue weighted by atomic mass is 16.3. The van der Waals surface area contributed by atoms with E-state index in [-0.39, 0.29) is 11.4 Å². The van der Waals surface area contributed by atoms with E-state index in [1.165, 1.54) is 6.07 Å². The summed E-state index contributed by atoms with van der Waals surface area (Å²) in [6.45, 7) is 1.78. The molecule has 0 aliphatic heterocycles. The van der Waals surface area contributed by atoms with Crippen LogP contribution in [0.1, 0.15) is 5.56 Å². The van der Waals surface area contributed by atoms with Gasteiger partial charge in [0.1, 0.15) is 5.75 Å². The van der Waals surface area contributed by atoms with Crippen molar-refractivity contribution >= 4 is 11.0 Å². The predicted octanol–water partition coefficient (Wildman–Crippen LogP) is 0.870. The molecular formula is C8H8N2O2. The van der Waals surface area contributed by atoms with Crippen molar-refractivity contribution in [2.75, 3.05) is 0 Å². The van der Waals surface area contributed by atoms with Gasteiger partial charge in [-0.3, -0.25) is 0 Å². The van der Waals surface area contributed by atoms with Crippen LogP contribution in [-0.2, 0) is 0 Å². The van der Waals surface area contributed by atoms with Gasteiger partial charge in [0.15, 0.2) is 0 Å². The summed E-state index contributed by atoms with van der Waals surface area (Å²) in [7, 11) is 0. The number of aryl methyl sites for hydroxylation is 1. The molecule has 12 heavy (non-hydrogen) atoms. The van der Waals surface area contributed by atoms with Crippen LogP contribution < -0.4 is 5.69 Å². The zero-order valence-electron chi connectivity index (χ0n) is 6.51. The third-order valence-corrected chi connectivity index (χ3v) is 1.83. The molecule has 0 saturated carbocycles. The summed E-state index contributed by atoms with van der Waals surface area (Å²) in [5.41, 5.74) is 1.84. The van der Waals surface area contributed by atoms with Crippen molar-refractivity contribution in [1.82, 2.24) is 9.97 Å². The van der Waals surface area contributed by atoms with Crippen molar-refractivity contribution < 1.29 is 5.11 Å². The van der Waals surface area contributed by atoms with Crippen LogP contribution >= 0.6 is 0 Å². The zero-order chi connectivity index (χ0) is 8.72. The van der Waals surface area contributed by atoms with E-state index in [4.69, 9.17) is 0 Å². The van der Waals surface area contributed by atoms with Crippen LogP contribution in [-0.4, -0.2) is 15.1 Å². The summed E-state index contributed by atoms with van der Waals surface area (Å²) in [5, 5.41) is 9.29. The van der Waals surface area contributed by atoms with E-state index in [0.29, 0.717) is 5.52 Å². The summed E-state index contributed by atoms with van der Waals surface area (Å²) in [4.78, 5) is 16.0. The van der Waals surface area contributed by atoms with Crippen LogP contribution in [0.5, 0.6) is 5.75 Å². The summed E-state index contributed by atoms with van der Waals surface area (Å²) in [6, 6.07) is 3.26. The maximum absolute atomic E-state index is 10.8. The number of H-pyrrole nitrogens is 2. The number of phenolic OH excluding ortho intramolecular Hbond substituents is 1. The van der Waals surface area contributed by atoms with Gasteiger partial charge in [-0.1, -0.05) is 0 Å². The predicted molar refractivity (Wildman–Crippen MR) is 45.3 cm³/mol. The quantitative estimate of drug-likeness (QED) is 0.540. The molecule has 0 aliphatic rings. The molecule has 1 aromatic carbocycles. The molecule has 2 aromatic rings. The number of fused-ring (bicyclic) bond motifs is 1. The highest BCUT2D eigenvalue weighted by Gasteiger charge is 2.01. The van der Waals surface area contributed by atoms with E-state index >= 15 is 0 Å². The Morgan fingerprint density at radius 1 is 1.25 bits per heavy atom. The second-order valence-electron chi connectivity index (χ2n) is 2.76. The van der Waals surface area contributed by atoms with Gasteiger partial charge in [-0.25, -0.2) is 4.79 Å². The molecule has 1 heterocycles. The third-order valence-electron chi connectivity index (χ3n) is 1.83. The Kier molecular flexibility index (Phi) is 1.24. The van der Waals surface area contributed by atoms with E-state index in [9.17, 15) is 9.90 Å². The highest BCUT2D eigenvalue weighted by molar-refractivity contribution is 5.77. The molecular weight excluding hydrogens is 156 g/mol. The lowest BCUT2D eigenvalue weighted by atomic mass is 10.2. The van der Waals surface area contributed by atoms with Crippen molar-refractivity contribution in [2.45, 2.75) is 6.92 Å². The summed E-state index contributed by atoms with van der Waals surface area (Å²) >= 11 is 0. The van der Waals surface area contributed by atoms with Gasteiger partial charge in [-0.2, -0.15) is 0 Å². The van der Waals surface area contributed by atoms with E-state index in [1.807, 2.05) is 0 Å². The first-order valence-electron chi connectivity index (χ1n) is 3.58. The Bertz CT molecular complexity index is 439. The van der Waals surface area contributed by atoms with Crippen LogP contribution in [0.3, 0.4) is 0 Å². The lowest BCUT2D eigenvalue weighted by Crippen LogP contribution is -1.99. The number of aromatic amines is 2. The number of hydrogen-bond donors (Lipinski definition) is 3. The Hall–Kier alpha value is -1.71. The van der Waals surface area contributed by atoms with E-state index in [2.05, 4.69) is 9.97 Å². The minimum absolute atomic E-state index is 0.192. The minimum atomic E-state index is -0.255. The molecule has 0 saturated heterocycles. The first kappa shape index (κ1) is 6.97. The normalized spacial score (nSPS) is 10.8. The molecule has 2 rings (SSSR count). The van der Waals surface area contributed by atoms with Gasteiger partial charge < -0.3 is 15.1 Å². The van der Waals surface area contributed by atoms with Crippen molar-refractivity contribution in [2.24, 2.45) is 0 Å². The molecule has 0 unspecified atom stereocenters. The molecule has 3 N–H and O–H groups in total. The number of aromatic nitrogens is 2. The molecule has 62 valence electrons. The molecule has 0 spiro atoms. The van der Waals surface area contributed by atoms with Crippen molar-refractivity contribution in [3.8, 4) is 5.75 Å². The third kappa shape index (κ3) is 0.887. The van der Waals surface area contributed by atoms with Crippen molar-refractivity contribution in [3.63, 3.8) is 0 Å². The second-order valence-corrected chi connectivity index (χ2v) is 2.76. The molecule has 0 radical (unpaired) electrons. The first-order valence-corrected chi connectivity index (χ1v) is 3.58. The molecule has 0 bridgehead atoms. The number of aromatic hydroxyl groups is 1. The van der Waals surface area contributed by atoms with Crippen molar-refractivity contribution in [1.29, 1.82) is 0 Å². The van der Waals surface area contributed by atoms with Crippen LogP contribution in [0, 0.1) is 6.92 Å². The second kappa shape index (κ2) is 2.14. The van der Waals surface area contributed by atoms with Crippen LogP contribution in [0.2, 0.25) is 0 Å². The Morgan fingerprint density at radius 2 is 1.83 bits per heavy atom. The van der Waals surface area contributed by atoms with Crippen molar-refractivity contribution in [3.05, 3.63) is 28.2 Å². The lowest BCUT2D eigenvalue weighted by molar-refractivity contribution is 0.472. The number of phenols is 1. The molecule has 4 nitrogen and oxygen atoms in total. The average molecular weight is 164 g/mol. The lowest BCUT2D eigenvalue weighted by Gasteiger charge is -1.96. The van der Waals surface area contributed by atoms with Gasteiger partial charge in [-0.15, -0.1) is 0 Å². The number of imidazole rings is 1. The maximum atomic E-state index is 10.8. The Labute approximate surface area is 67.9 Å². The SMILES string of the molecule is Cc1cc2[nH]c(=O)[nH]c2cc1O. The number of nitrogens with one attached hydrogen (secondary N) is 2. The number of rotatable bonds is 0. The minimum Gasteiger partial charge on any atom is -0.508 e. The fourth-order valence-corrected chi connectivity index (χ4v) is 1.18. The first-order chi connectivity index (χ1) is 5.66. The largest absolute Gasteiger partial charge is 0.508 e. The van der Waals surface area contributed by atoms with Gasteiger partial charge in [0.25, 0.3) is 0 Å². The molecule has 4 heteroatoms. The fraction of sp³-hybridized carbons (Fsp3) is 0.125. The van der Waals surface area contributed by atoms with Crippen LogP contribution in [0.4, 0.5) is 0 Å². The summed E-state index contributed by atoms with van der Waals surface area (Å²) < 4.78 is 0. The smallest absolute Gasteiger partial charge is 0.323 e. The zero-order valence-corrected chi connectivity index (χ0v) is 6.51. The maximum Gasteiger partial charge on any atom is 0.323 e. The molecule has 0 fully saturated rings. The van der Waals surface area contributed by atoms with E-state index < -0.39 is 0 Å². The fourth-order valence-electron chi connectivity index (χ4n) is 1.18. The van der Waals surface area contributed by atoms with E-state index in [0.717, 1.165) is 11.1 Å². The van der Waals surface area contributed by atoms with Gasteiger partial charge in [0.2, 0.25) is 0 Å². The summed E-state index contributed by atoms with van der Waals surface area (Å²) in [6.07, 6.45) is 0. The van der Waals surface area contributed by atoms with Gasteiger partial charge >= 0.3 is 5.69 Å². The number of benzene rings is 1. The Balaban J connectivity index is 2.92. The number of hydrogen-bond acceptors (Lipinski definition) is 2. The van der Waals surface area contributed by atoms with E-state index in [1.54, 1.807) is 13.0 Å². The molecule has 0 amide bonds. The monoisotopic (exact) mass is 164 g/mol. The van der Waals surface area contributed by atoms with Gasteiger partial charge in [0, 0.05) is 6.07 Å². The average Bonchev–Trinajstić information content (AvgIpc) is 2.30.